The van der Waals surface area contributed by atoms with Crippen molar-refractivity contribution < 1.29 is 19.4 Å². The Kier molecular flexibility index (Phi) is 4.67. The Morgan fingerprint density at radius 3 is 2.71 bits per heavy atom. The molecule has 28 heavy (non-hydrogen) atoms. The lowest BCUT2D eigenvalue weighted by Gasteiger charge is -2.44. The summed E-state index contributed by atoms with van der Waals surface area (Å²) in [7, 11) is 0. The van der Waals surface area contributed by atoms with E-state index in [1.807, 2.05) is 25.1 Å². The van der Waals surface area contributed by atoms with Gasteiger partial charge in [0.2, 0.25) is 5.91 Å². The molecule has 5 heteroatoms. The number of nitrogens with zero attached hydrogens (tertiary/aromatic N) is 1. The van der Waals surface area contributed by atoms with E-state index in [4.69, 9.17) is 4.74 Å². The number of hydrogen-bond donors (Lipinski definition) is 1. The molecule has 0 spiro atoms. The van der Waals surface area contributed by atoms with Crippen LogP contribution in [0, 0.1) is 5.92 Å². The van der Waals surface area contributed by atoms with Crippen molar-refractivity contribution >= 4 is 17.6 Å². The van der Waals surface area contributed by atoms with Crippen molar-refractivity contribution in [2.24, 2.45) is 5.92 Å². The first kappa shape index (κ1) is 18.3. The van der Waals surface area contributed by atoms with E-state index in [0.29, 0.717) is 12.4 Å². The monoisotopic (exact) mass is 377 g/mol. The molecule has 5 nitrogen and oxygen atoms in total. The molecular weight excluding hydrogens is 354 g/mol. The van der Waals surface area contributed by atoms with Crippen LogP contribution in [0.1, 0.15) is 53.7 Å². The Balaban J connectivity index is 1.93. The van der Waals surface area contributed by atoms with Crippen LogP contribution in [0.2, 0.25) is 0 Å². The summed E-state index contributed by atoms with van der Waals surface area (Å²) >= 11 is 0. The molecule has 0 saturated carbocycles. The maximum Gasteiger partial charge on any atom is 0.335 e. The Morgan fingerprint density at radius 2 is 2.00 bits per heavy atom. The molecule has 0 fully saturated rings. The summed E-state index contributed by atoms with van der Waals surface area (Å²) in [6.07, 6.45) is 5.20. The van der Waals surface area contributed by atoms with Gasteiger partial charge in [-0.1, -0.05) is 36.4 Å². The topological polar surface area (TPSA) is 66.8 Å². The lowest BCUT2D eigenvalue weighted by atomic mass is 9.75. The van der Waals surface area contributed by atoms with Gasteiger partial charge in [-0.3, -0.25) is 4.79 Å². The second-order valence-corrected chi connectivity index (χ2v) is 7.24. The van der Waals surface area contributed by atoms with Gasteiger partial charge < -0.3 is 14.7 Å². The summed E-state index contributed by atoms with van der Waals surface area (Å²) in [5.41, 5.74) is 2.96. The number of ether oxygens (including phenoxy) is 1. The van der Waals surface area contributed by atoms with Gasteiger partial charge in [0.1, 0.15) is 5.75 Å². The van der Waals surface area contributed by atoms with Crippen LogP contribution >= 0.6 is 0 Å². The highest BCUT2D eigenvalue weighted by Crippen LogP contribution is 2.55. The highest BCUT2D eigenvalue weighted by Gasteiger charge is 2.45. The fourth-order valence-corrected chi connectivity index (χ4v) is 4.61. The van der Waals surface area contributed by atoms with Gasteiger partial charge >= 0.3 is 5.97 Å². The lowest BCUT2D eigenvalue weighted by molar-refractivity contribution is -0.117. The molecular formula is C23H23NO4. The molecule has 0 saturated heterocycles. The van der Waals surface area contributed by atoms with E-state index < -0.39 is 5.97 Å². The molecule has 1 aliphatic heterocycles. The van der Waals surface area contributed by atoms with Crippen molar-refractivity contribution in [3.8, 4) is 5.75 Å². The predicted molar refractivity (Wildman–Crippen MR) is 107 cm³/mol. The third-order valence-electron chi connectivity index (χ3n) is 5.64. The zero-order chi connectivity index (χ0) is 19.8. The summed E-state index contributed by atoms with van der Waals surface area (Å²) in [5.74, 6) is -0.0248. The third-order valence-corrected chi connectivity index (χ3v) is 5.64. The first-order valence-corrected chi connectivity index (χ1v) is 9.58. The predicted octanol–water partition coefficient (Wildman–Crippen LogP) is 4.55. The highest BCUT2D eigenvalue weighted by atomic mass is 16.5. The van der Waals surface area contributed by atoms with Crippen molar-refractivity contribution in [2.75, 3.05) is 11.5 Å². The SMILES string of the molecule is CCOc1cccc2c1N(C(C)=O)[C@@H](c1cccc(C(=O)O)c1)[C@H]1CC=C[C@@H]21. The molecule has 1 aliphatic carbocycles. The average molecular weight is 377 g/mol. The zero-order valence-electron chi connectivity index (χ0n) is 16.0. The number of allylic oxidation sites excluding steroid dienone is 2. The van der Waals surface area contributed by atoms with Crippen molar-refractivity contribution in [3.05, 3.63) is 71.3 Å². The molecule has 0 bridgehead atoms. The Hall–Kier alpha value is -3.08. The highest BCUT2D eigenvalue weighted by molar-refractivity contribution is 5.96. The molecule has 0 radical (unpaired) electrons. The summed E-state index contributed by atoms with van der Waals surface area (Å²) in [5, 5.41) is 9.43. The molecule has 2 aliphatic rings. The van der Waals surface area contributed by atoms with E-state index in [0.717, 1.165) is 23.2 Å². The number of aromatic carboxylic acids is 1. The van der Waals surface area contributed by atoms with E-state index >= 15 is 0 Å². The quantitative estimate of drug-likeness (QED) is 0.794. The van der Waals surface area contributed by atoms with E-state index in [1.165, 1.54) is 0 Å². The first-order valence-electron chi connectivity index (χ1n) is 9.58. The molecule has 1 heterocycles. The van der Waals surface area contributed by atoms with Crippen molar-refractivity contribution in [1.29, 1.82) is 0 Å². The minimum Gasteiger partial charge on any atom is -0.492 e. The summed E-state index contributed by atoms with van der Waals surface area (Å²) in [6.45, 7) is 3.99. The van der Waals surface area contributed by atoms with Crippen LogP contribution in [-0.2, 0) is 4.79 Å². The minimum absolute atomic E-state index is 0.0792. The Morgan fingerprint density at radius 1 is 1.21 bits per heavy atom. The van der Waals surface area contributed by atoms with Crippen LogP contribution in [0.3, 0.4) is 0 Å². The normalized spacial score (nSPS) is 22.5. The number of carbonyl (C=O) groups excluding carboxylic acids is 1. The Bertz CT molecular complexity index is 965. The van der Waals surface area contributed by atoms with Gasteiger partial charge in [0.05, 0.1) is 23.9 Å². The van der Waals surface area contributed by atoms with E-state index in [1.54, 1.807) is 30.0 Å². The van der Waals surface area contributed by atoms with E-state index in [9.17, 15) is 14.7 Å². The number of para-hydroxylation sites is 1. The van der Waals surface area contributed by atoms with Crippen LogP contribution in [0.4, 0.5) is 5.69 Å². The maximum absolute atomic E-state index is 12.8. The largest absolute Gasteiger partial charge is 0.492 e. The van der Waals surface area contributed by atoms with Crippen molar-refractivity contribution in [3.63, 3.8) is 0 Å². The number of carbonyl (C=O) groups is 2. The van der Waals surface area contributed by atoms with Crippen molar-refractivity contribution in [2.45, 2.75) is 32.2 Å². The van der Waals surface area contributed by atoms with Gasteiger partial charge in [0.15, 0.2) is 0 Å². The second-order valence-electron chi connectivity index (χ2n) is 7.24. The second kappa shape index (κ2) is 7.15. The molecule has 1 N–H and O–H groups in total. The number of carboxylic acid groups (broad SMARTS) is 1. The van der Waals surface area contributed by atoms with Gasteiger partial charge in [-0.05, 0) is 48.6 Å². The van der Waals surface area contributed by atoms with Crippen molar-refractivity contribution in [1.82, 2.24) is 0 Å². The lowest BCUT2D eigenvalue weighted by Crippen LogP contribution is -2.42. The number of rotatable bonds is 4. The summed E-state index contributed by atoms with van der Waals surface area (Å²) in [6, 6.07) is 12.6. The molecule has 4 rings (SSSR count). The van der Waals surface area contributed by atoms with Crippen LogP contribution in [0.15, 0.2) is 54.6 Å². The van der Waals surface area contributed by atoms with Gasteiger partial charge in [-0.2, -0.15) is 0 Å². The van der Waals surface area contributed by atoms with Gasteiger partial charge in [-0.25, -0.2) is 4.79 Å². The van der Waals surface area contributed by atoms with Gasteiger partial charge in [-0.15, -0.1) is 0 Å². The zero-order valence-corrected chi connectivity index (χ0v) is 16.0. The number of hydrogen-bond acceptors (Lipinski definition) is 3. The van der Waals surface area contributed by atoms with Crippen LogP contribution in [0.25, 0.3) is 0 Å². The average Bonchev–Trinajstić information content (AvgIpc) is 3.17. The smallest absolute Gasteiger partial charge is 0.335 e. The molecule has 144 valence electrons. The Labute approximate surface area is 164 Å². The van der Waals surface area contributed by atoms with Crippen LogP contribution < -0.4 is 9.64 Å². The molecule has 1 amide bonds. The maximum atomic E-state index is 12.8. The number of benzene rings is 2. The molecule has 2 aromatic carbocycles. The summed E-state index contributed by atoms with van der Waals surface area (Å²) < 4.78 is 5.87. The summed E-state index contributed by atoms with van der Waals surface area (Å²) in [4.78, 5) is 26.1. The number of anilines is 1. The number of amides is 1. The molecule has 0 unspecified atom stereocenters. The number of fused-ring (bicyclic) bond motifs is 3. The fraction of sp³-hybridized carbons (Fsp3) is 0.304. The fourth-order valence-electron chi connectivity index (χ4n) is 4.61. The molecule has 0 aromatic heterocycles. The van der Waals surface area contributed by atoms with Gasteiger partial charge in [0, 0.05) is 12.8 Å². The number of carboxylic acids is 1. The standard InChI is InChI=1S/C23H23NO4/c1-3-28-20-12-6-11-19-17-9-5-10-18(17)21(24(14(2)25)22(19)20)15-7-4-8-16(13-15)23(26)27/h4-9,11-13,17-18,21H,3,10H2,1-2H3,(H,26,27)/t17-,18+,21+/m1/s1. The third kappa shape index (κ3) is 2.87. The minimum atomic E-state index is -0.969. The van der Waals surface area contributed by atoms with Crippen LogP contribution in [0.5, 0.6) is 5.75 Å². The first-order chi connectivity index (χ1) is 13.5. The van der Waals surface area contributed by atoms with E-state index in [-0.39, 0.29) is 29.3 Å². The van der Waals surface area contributed by atoms with Crippen LogP contribution in [-0.4, -0.2) is 23.6 Å². The van der Waals surface area contributed by atoms with Gasteiger partial charge in [0.25, 0.3) is 0 Å². The van der Waals surface area contributed by atoms with E-state index in [2.05, 4.69) is 18.2 Å². The molecule has 3 atom stereocenters. The molecule has 2 aromatic rings.